The minimum Gasteiger partial charge on any atom is -0.369 e. The Balaban J connectivity index is 1.18. The van der Waals surface area contributed by atoms with Gasteiger partial charge in [-0.2, -0.15) is 0 Å². The van der Waals surface area contributed by atoms with E-state index in [0.717, 1.165) is 45.1 Å². The second-order valence-electron chi connectivity index (χ2n) is 13.1. The van der Waals surface area contributed by atoms with Crippen molar-refractivity contribution in [1.82, 2.24) is 24.7 Å². The Labute approximate surface area is 236 Å². The molecule has 6 aliphatic rings. The summed E-state index contributed by atoms with van der Waals surface area (Å²) in [6.45, 7) is 2.90. The number of nitrogens with zero attached hydrogens (tertiary/aromatic N) is 4. The number of piperidine rings is 1. The van der Waals surface area contributed by atoms with Gasteiger partial charge in [0.25, 0.3) is 5.91 Å². The third kappa shape index (κ3) is 4.71. The summed E-state index contributed by atoms with van der Waals surface area (Å²) in [6.07, 6.45) is 17.0. The SMILES string of the molecule is O=C1C(C(=O)N2CCCCC2)=CN2C3C(CCC4CCCCC43)OC3C(NCCCn4ccnc4)C(F)CC1C32. The number of carbonyl (C=O) groups is 2. The van der Waals surface area contributed by atoms with Crippen LogP contribution in [0.25, 0.3) is 0 Å². The maximum atomic E-state index is 16.0. The van der Waals surface area contributed by atoms with E-state index in [1.807, 2.05) is 21.9 Å². The van der Waals surface area contributed by atoms with Gasteiger partial charge >= 0.3 is 0 Å². The van der Waals surface area contributed by atoms with Crippen LogP contribution in [0.3, 0.4) is 0 Å². The Morgan fingerprint density at radius 2 is 1.93 bits per heavy atom. The number of Topliss-reactive ketones (excluding diaryl/α,β-unsaturated/α-hetero) is 1. The zero-order valence-electron chi connectivity index (χ0n) is 23.5. The Morgan fingerprint density at radius 3 is 2.75 bits per heavy atom. The van der Waals surface area contributed by atoms with Crippen LogP contribution < -0.4 is 5.32 Å². The van der Waals surface area contributed by atoms with Crippen LogP contribution in [0, 0.1) is 17.8 Å². The molecule has 7 rings (SSSR count). The van der Waals surface area contributed by atoms with Crippen molar-refractivity contribution in [3.63, 3.8) is 0 Å². The van der Waals surface area contributed by atoms with Gasteiger partial charge in [0, 0.05) is 44.1 Å². The lowest BCUT2D eigenvalue weighted by Gasteiger charge is -2.62. The Hall–Kier alpha value is -2.26. The number of imidazole rings is 1. The Bertz CT molecular complexity index is 1100. The third-order valence-corrected chi connectivity index (χ3v) is 10.9. The molecule has 40 heavy (non-hydrogen) atoms. The fourth-order valence-corrected chi connectivity index (χ4v) is 9.02. The second kappa shape index (κ2) is 11.2. The normalized spacial score (nSPS) is 39.2. The maximum absolute atomic E-state index is 16.0. The first-order chi connectivity index (χ1) is 19.6. The molecule has 1 amide bonds. The van der Waals surface area contributed by atoms with E-state index >= 15 is 4.39 Å². The monoisotopic (exact) mass is 553 g/mol. The average Bonchev–Trinajstić information content (AvgIpc) is 3.51. The largest absolute Gasteiger partial charge is 0.369 e. The molecule has 3 aliphatic carbocycles. The number of aromatic nitrogens is 2. The van der Waals surface area contributed by atoms with E-state index in [4.69, 9.17) is 4.74 Å². The fourth-order valence-electron chi connectivity index (χ4n) is 9.02. The quantitative estimate of drug-likeness (QED) is 0.429. The number of alkyl halides is 1. The van der Waals surface area contributed by atoms with Crippen molar-refractivity contribution in [2.45, 2.75) is 114 Å². The Morgan fingerprint density at radius 1 is 1.07 bits per heavy atom. The summed E-state index contributed by atoms with van der Waals surface area (Å²) >= 11 is 0. The molecule has 4 heterocycles. The number of likely N-dealkylation sites (tertiary alicyclic amines) is 1. The van der Waals surface area contributed by atoms with Gasteiger partial charge in [-0.3, -0.25) is 9.59 Å². The lowest BCUT2D eigenvalue weighted by atomic mass is 9.63. The number of hydrogen-bond donors (Lipinski definition) is 1. The number of hydrogen-bond acceptors (Lipinski definition) is 6. The zero-order valence-corrected chi connectivity index (χ0v) is 23.5. The number of halogens is 1. The highest BCUT2D eigenvalue weighted by Crippen LogP contribution is 2.51. The topological polar surface area (TPSA) is 79.7 Å². The van der Waals surface area contributed by atoms with Crippen LogP contribution in [0.2, 0.25) is 0 Å². The Kier molecular flexibility index (Phi) is 7.45. The number of amides is 1. The summed E-state index contributed by atoms with van der Waals surface area (Å²) < 4.78 is 24.9. The highest BCUT2D eigenvalue weighted by molar-refractivity contribution is 6.20. The molecule has 9 unspecified atom stereocenters. The molecular formula is C31H44FN5O3. The molecule has 1 aromatic rings. The number of ketones is 1. The van der Waals surface area contributed by atoms with Crippen molar-refractivity contribution in [3.8, 4) is 0 Å². The number of nitrogens with one attached hydrogen (secondary N) is 1. The summed E-state index contributed by atoms with van der Waals surface area (Å²) in [5.41, 5.74) is 0.291. The molecule has 218 valence electrons. The van der Waals surface area contributed by atoms with Crippen molar-refractivity contribution < 1.29 is 18.7 Å². The lowest BCUT2D eigenvalue weighted by molar-refractivity contribution is -0.215. The summed E-state index contributed by atoms with van der Waals surface area (Å²) in [7, 11) is 0. The molecule has 9 heteroatoms. The molecule has 3 aliphatic heterocycles. The van der Waals surface area contributed by atoms with E-state index in [0.29, 0.717) is 37.0 Å². The summed E-state index contributed by atoms with van der Waals surface area (Å²) in [6, 6.07) is -0.513. The third-order valence-electron chi connectivity index (χ3n) is 10.9. The van der Waals surface area contributed by atoms with Crippen LogP contribution in [0.4, 0.5) is 4.39 Å². The highest BCUT2D eigenvalue weighted by atomic mass is 19.1. The van der Waals surface area contributed by atoms with Gasteiger partial charge in [0.05, 0.1) is 42.2 Å². The van der Waals surface area contributed by atoms with Crippen LogP contribution in [-0.4, -0.2) is 87.2 Å². The molecule has 2 saturated heterocycles. The van der Waals surface area contributed by atoms with Gasteiger partial charge < -0.3 is 24.4 Å². The number of aryl methyl sites for hydroxylation is 1. The molecule has 1 N–H and O–H groups in total. The maximum Gasteiger partial charge on any atom is 0.258 e. The molecule has 1 aromatic heterocycles. The van der Waals surface area contributed by atoms with Crippen molar-refractivity contribution in [2.75, 3.05) is 19.6 Å². The van der Waals surface area contributed by atoms with E-state index in [1.54, 1.807) is 12.5 Å². The van der Waals surface area contributed by atoms with Gasteiger partial charge in [-0.1, -0.05) is 19.3 Å². The van der Waals surface area contributed by atoms with Gasteiger partial charge in [0.1, 0.15) is 6.17 Å². The number of carbonyl (C=O) groups excluding carboxylic acids is 2. The van der Waals surface area contributed by atoms with Crippen molar-refractivity contribution >= 4 is 11.7 Å². The molecule has 3 saturated carbocycles. The number of ether oxygens (including phenoxy) is 1. The van der Waals surface area contributed by atoms with Gasteiger partial charge in [-0.05, 0) is 69.7 Å². The molecule has 8 nitrogen and oxygen atoms in total. The molecule has 0 radical (unpaired) electrons. The minimum atomic E-state index is -1.20. The van der Waals surface area contributed by atoms with Crippen LogP contribution in [0.1, 0.15) is 70.6 Å². The van der Waals surface area contributed by atoms with E-state index in [1.165, 1.54) is 25.7 Å². The zero-order chi connectivity index (χ0) is 27.2. The van der Waals surface area contributed by atoms with Gasteiger partial charge in [0.2, 0.25) is 0 Å². The summed E-state index contributed by atoms with van der Waals surface area (Å²) in [4.78, 5) is 36.0. The predicted molar refractivity (Wildman–Crippen MR) is 148 cm³/mol. The standard InChI is InChI=1S/C31H44FN5O3/c32-24-17-22-28-30(26(24)34-11-6-13-35-16-12-33-19-35)40-25-10-9-20-7-2-3-8-21(20)27(25)37(28)18-23(29(22)38)31(39)36-14-4-1-5-15-36/h12,16,18-22,24-28,30,34H,1-11,13-15,17H2. The van der Waals surface area contributed by atoms with Gasteiger partial charge in [-0.25, -0.2) is 9.37 Å². The highest BCUT2D eigenvalue weighted by Gasteiger charge is 2.60. The molecule has 0 aromatic carbocycles. The minimum absolute atomic E-state index is 0.0117. The molecule has 5 fully saturated rings. The fraction of sp³-hybridized carbons (Fsp3) is 0.774. The average molecular weight is 554 g/mol. The lowest BCUT2D eigenvalue weighted by Crippen LogP contribution is -2.74. The molecule has 0 spiro atoms. The number of rotatable bonds is 6. The predicted octanol–water partition coefficient (Wildman–Crippen LogP) is 3.48. The van der Waals surface area contributed by atoms with E-state index in [2.05, 4.69) is 15.2 Å². The van der Waals surface area contributed by atoms with E-state index in [-0.39, 0.29) is 36.3 Å². The summed E-state index contributed by atoms with van der Waals surface area (Å²) in [5, 5.41) is 3.51. The first-order valence-electron chi connectivity index (χ1n) is 15.9. The van der Waals surface area contributed by atoms with Crippen LogP contribution in [-0.2, 0) is 20.9 Å². The summed E-state index contributed by atoms with van der Waals surface area (Å²) in [5.74, 6) is 0.336. The molecule has 0 bridgehead atoms. The van der Waals surface area contributed by atoms with Gasteiger partial charge in [0.15, 0.2) is 5.78 Å². The first kappa shape index (κ1) is 26.6. The van der Waals surface area contributed by atoms with E-state index < -0.39 is 24.2 Å². The molecular weight excluding hydrogens is 509 g/mol. The second-order valence-corrected chi connectivity index (χ2v) is 13.1. The van der Waals surface area contributed by atoms with Crippen LogP contribution >= 0.6 is 0 Å². The first-order valence-corrected chi connectivity index (χ1v) is 15.9. The van der Waals surface area contributed by atoms with E-state index in [9.17, 15) is 9.59 Å². The van der Waals surface area contributed by atoms with Crippen molar-refractivity contribution in [2.24, 2.45) is 17.8 Å². The molecule has 9 atom stereocenters. The van der Waals surface area contributed by atoms with Crippen LogP contribution in [0.15, 0.2) is 30.5 Å². The number of fused-ring (bicyclic) bond motifs is 4. The smallest absolute Gasteiger partial charge is 0.258 e. The number of morpholine rings is 1. The van der Waals surface area contributed by atoms with Crippen molar-refractivity contribution in [1.29, 1.82) is 0 Å². The van der Waals surface area contributed by atoms with Gasteiger partial charge in [-0.15, -0.1) is 0 Å². The van der Waals surface area contributed by atoms with Crippen molar-refractivity contribution in [3.05, 3.63) is 30.5 Å². The van der Waals surface area contributed by atoms with Crippen LogP contribution in [0.5, 0.6) is 0 Å².